The van der Waals surface area contributed by atoms with Gasteiger partial charge in [-0.3, -0.25) is 20.2 Å². The van der Waals surface area contributed by atoms with Crippen LogP contribution in [0.25, 0.3) is 0 Å². The highest BCUT2D eigenvalue weighted by molar-refractivity contribution is 8.85. The SMILES string of the molecule is CC.CCC(C)NP(=O)(Oc1ccccc1[N+](=O)[O-])SP(N)(=O)O. The standard InChI is InChI=1S/C10H17N3O6P2S.C2H6/c1-3-8(2)12-21(18,22-20(11,16)17)19-10-7-5-4-6-9(10)13(14)15;1-2/h4-8H,3H2,1-2H3,(H,12,18)(H3,11,16,17);1-2H3. The van der Waals surface area contributed by atoms with Crippen molar-refractivity contribution >= 4 is 30.1 Å². The number of para-hydroxylation sites is 2. The predicted octanol–water partition coefficient (Wildman–Crippen LogP) is 4.29. The Hall–Kier alpha value is -0.890. The number of nitro benzene ring substituents is 1. The van der Waals surface area contributed by atoms with Crippen molar-refractivity contribution in [2.75, 3.05) is 0 Å². The van der Waals surface area contributed by atoms with Gasteiger partial charge < -0.3 is 9.42 Å². The first-order valence-electron chi connectivity index (χ1n) is 7.20. The van der Waals surface area contributed by atoms with Gasteiger partial charge in [-0.2, -0.15) is 0 Å². The zero-order valence-corrected chi connectivity index (χ0v) is 16.5. The molecule has 0 fully saturated rings. The van der Waals surface area contributed by atoms with Crippen LogP contribution in [0.15, 0.2) is 24.3 Å². The molecule has 0 spiro atoms. The number of rotatable bonds is 8. The third-order valence-corrected chi connectivity index (χ3v) is 10.1. The summed E-state index contributed by atoms with van der Waals surface area (Å²) in [5.74, 6) is -0.271. The van der Waals surface area contributed by atoms with E-state index in [-0.39, 0.29) is 22.8 Å². The lowest BCUT2D eigenvalue weighted by molar-refractivity contribution is -0.385. The molecule has 1 rings (SSSR count). The quantitative estimate of drug-likeness (QED) is 0.331. The van der Waals surface area contributed by atoms with Crippen molar-refractivity contribution in [1.29, 1.82) is 0 Å². The first-order valence-corrected chi connectivity index (χ1v) is 12.6. The topological polar surface area (TPSA) is 145 Å². The van der Waals surface area contributed by atoms with Crippen LogP contribution in [0.5, 0.6) is 5.75 Å². The molecule has 24 heavy (non-hydrogen) atoms. The van der Waals surface area contributed by atoms with Crippen LogP contribution in [0.4, 0.5) is 5.69 Å². The minimum Gasteiger partial charge on any atom is -0.418 e. The van der Waals surface area contributed by atoms with E-state index in [1.54, 1.807) is 13.8 Å². The maximum absolute atomic E-state index is 12.7. The van der Waals surface area contributed by atoms with Crippen LogP contribution in [-0.4, -0.2) is 15.9 Å². The molecule has 3 atom stereocenters. The Balaban J connectivity index is 0.00000254. The van der Waals surface area contributed by atoms with Crippen molar-refractivity contribution < 1.29 is 23.5 Å². The summed E-state index contributed by atoms with van der Waals surface area (Å²) in [5.41, 5.74) is 4.63. The van der Waals surface area contributed by atoms with Gasteiger partial charge in [0.25, 0.3) is 0 Å². The van der Waals surface area contributed by atoms with E-state index in [0.717, 1.165) is 0 Å². The molecule has 0 heterocycles. The lowest BCUT2D eigenvalue weighted by Gasteiger charge is -2.23. The van der Waals surface area contributed by atoms with Gasteiger partial charge in [0.1, 0.15) is 0 Å². The predicted molar refractivity (Wildman–Crippen MR) is 97.2 cm³/mol. The zero-order valence-electron chi connectivity index (χ0n) is 13.9. The van der Waals surface area contributed by atoms with Gasteiger partial charge in [-0.25, -0.2) is 9.65 Å². The maximum Gasteiger partial charge on any atom is 0.385 e. The van der Waals surface area contributed by atoms with Crippen LogP contribution < -0.4 is 15.1 Å². The van der Waals surface area contributed by atoms with E-state index < -0.39 is 24.1 Å². The highest BCUT2D eigenvalue weighted by Gasteiger charge is 2.37. The fourth-order valence-electron chi connectivity index (χ4n) is 1.40. The molecule has 0 saturated carbocycles. The molecule has 0 aliphatic rings. The molecule has 0 amide bonds. The normalized spacial score (nSPS) is 16.8. The summed E-state index contributed by atoms with van der Waals surface area (Å²) in [5, 5.41) is 13.5. The van der Waals surface area contributed by atoms with Gasteiger partial charge >= 0.3 is 19.1 Å². The molecule has 0 bridgehead atoms. The molecule has 1 aromatic rings. The molecule has 0 aliphatic carbocycles. The lowest BCUT2D eigenvalue weighted by atomic mass is 10.3. The van der Waals surface area contributed by atoms with E-state index >= 15 is 0 Å². The van der Waals surface area contributed by atoms with Gasteiger partial charge in [0.15, 0.2) is 0 Å². The largest absolute Gasteiger partial charge is 0.418 e. The molecule has 3 unspecified atom stereocenters. The summed E-state index contributed by atoms with van der Waals surface area (Å²) in [6.07, 6.45) is 0.561. The van der Waals surface area contributed by atoms with Crippen LogP contribution in [0.2, 0.25) is 0 Å². The Kier molecular flexibility index (Phi) is 9.80. The molecule has 0 aliphatic heterocycles. The second-order valence-electron chi connectivity index (χ2n) is 4.40. The van der Waals surface area contributed by atoms with Gasteiger partial charge in [0.2, 0.25) is 5.75 Å². The number of nitrogens with zero attached hydrogens (tertiary/aromatic N) is 1. The van der Waals surface area contributed by atoms with Gasteiger partial charge in [-0.05, 0) is 19.4 Å². The summed E-state index contributed by atoms with van der Waals surface area (Å²) >= 11 is 0.0516. The van der Waals surface area contributed by atoms with Crippen molar-refractivity contribution in [2.45, 2.75) is 40.2 Å². The Labute approximate surface area is 145 Å². The van der Waals surface area contributed by atoms with Crippen molar-refractivity contribution in [1.82, 2.24) is 5.09 Å². The van der Waals surface area contributed by atoms with Gasteiger partial charge in [0.05, 0.1) is 15.9 Å². The van der Waals surface area contributed by atoms with E-state index in [1.807, 2.05) is 13.8 Å². The summed E-state index contributed by atoms with van der Waals surface area (Å²) in [7, 11) is 0. The molecular formula is C12H23N3O6P2S. The van der Waals surface area contributed by atoms with Crippen LogP contribution in [-0.2, 0) is 9.13 Å². The second kappa shape index (κ2) is 10.2. The molecule has 0 aromatic heterocycles. The molecule has 9 nitrogen and oxygen atoms in total. The third-order valence-electron chi connectivity index (χ3n) is 2.50. The van der Waals surface area contributed by atoms with Crippen molar-refractivity contribution in [3.05, 3.63) is 34.4 Å². The van der Waals surface area contributed by atoms with Crippen molar-refractivity contribution in [3.63, 3.8) is 0 Å². The molecule has 138 valence electrons. The molecule has 0 radical (unpaired) electrons. The molecule has 0 saturated heterocycles. The first kappa shape index (κ1) is 23.1. The number of nitrogens with one attached hydrogen (secondary N) is 1. The van der Waals surface area contributed by atoms with Crippen molar-refractivity contribution in [3.8, 4) is 5.75 Å². The lowest BCUT2D eigenvalue weighted by Crippen LogP contribution is -2.23. The van der Waals surface area contributed by atoms with E-state index in [4.69, 9.17) is 10.0 Å². The number of nitrogens with two attached hydrogens (primary N) is 1. The minimum absolute atomic E-state index is 0.0516. The summed E-state index contributed by atoms with van der Waals surface area (Å²) in [6.45, 7) is -0.718. The fourth-order valence-corrected chi connectivity index (χ4v) is 8.42. The van der Waals surface area contributed by atoms with Crippen LogP contribution in [0.1, 0.15) is 34.1 Å². The highest BCUT2D eigenvalue weighted by Crippen LogP contribution is 2.71. The Morgan fingerprint density at radius 1 is 1.42 bits per heavy atom. The van der Waals surface area contributed by atoms with Crippen molar-refractivity contribution in [2.24, 2.45) is 5.50 Å². The van der Waals surface area contributed by atoms with Gasteiger partial charge in [-0.1, -0.05) is 32.9 Å². The zero-order chi connectivity index (χ0) is 19.0. The van der Waals surface area contributed by atoms with Gasteiger partial charge in [0, 0.05) is 12.1 Å². The Morgan fingerprint density at radius 2 is 1.96 bits per heavy atom. The molecule has 4 N–H and O–H groups in total. The summed E-state index contributed by atoms with van der Waals surface area (Å²) < 4.78 is 29.3. The van der Waals surface area contributed by atoms with E-state index in [0.29, 0.717) is 6.42 Å². The van der Waals surface area contributed by atoms with Crippen LogP contribution >= 0.6 is 24.4 Å². The fraction of sp³-hybridized carbons (Fsp3) is 0.500. The Morgan fingerprint density at radius 3 is 2.42 bits per heavy atom. The molecule has 1 aromatic carbocycles. The monoisotopic (exact) mass is 399 g/mol. The molecule has 12 heteroatoms. The van der Waals surface area contributed by atoms with Gasteiger partial charge in [-0.15, -0.1) is 0 Å². The van der Waals surface area contributed by atoms with Crippen LogP contribution in [0.3, 0.4) is 0 Å². The first-order chi connectivity index (χ1) is 11.1. The highest BCUT2D eigenvalue weighted by atomic mass is 33.1. The number of hydrogen-bond acceptors (Lipinski definition) is 6. The average molecular weight is 399 g/mol. The Bertz CT molecular complexity index is 639. The number of benzene rings is 1. The third kappa shape index (κ3) is 8.28. The number of hydrogen-bond donors (Lipinski definition) is 3. The smallest absolute Gasteiger partial charge is 0.385 e. The molecular weight excluding hydrogens is 376 g/mol. The number of nitro groups is 1. The average Bonchev–Trinajstić information content (AvgIpc) is 2.47. The van der Waals surface area contributed by atoms with E-state index in [2.05, 4.69) is 5.09 Å². The minimum atomic E-state index is -4.23. The second-order valence-corrected chi connectivity index (χ2v) is 12.1. The van der Waals surface area contributed by atoms with E-state index in [1.165, 1.54) is 24.3 Å². The maximum atomic E-state index is 12.7. The van der Waals surface area contributed by atoms with Crippen LogP contribution in [0, 0.1) is 10.1 Å². The van der Waals surface area contributed by atoms with E-state index in [9.17, 15) is 24.1 Å². The summed E-state index contributed by atoms with van der Waals surface area (Å²) in [6, 6.07) is 5.00. The summed E-state index contributed by atoms with van der Waals surface area (Å²) in [4.78, 5) is 19.5.